The lowest BCUT2D eigenvalue weighted by Crippen LogP contribution is -2.30. The molecule has 152 valence electrons. The second-order valence-electron chi connectivity index (χ2n) is 5.82. The van der Waals surface area contributed by atoms with Gasteiger partial charge in [-0.3, -0.25) is 9.59 Å². The summed E-state index contributed by atoms with van der Waals surface area (Å²) in [5.74, 6) is -1.84. The van der Waals surface area contributed by atoms with Gasteiger partial charge in [-0.25, -0.2) is 0 Å². The normalized spacial score (nSPS) is 11.1. The van der Waals surface area contributed by atoms with Crippen LogP contribution in [0.4, 0.5) is 11.4 Å². The van der Waals surface area contributed by atoms with Crippen molar-refractivity contribution in [1.82, 2.24) is 0 Å². The Bertz CT molecular complexity index is 782. The van der Waals surface area contributed by atoms with Crippen molar-refractivity contribution in [1.29, 1.82) is 0 Å². The first-order valence-electron chi connectivity index (χ1n) is 8.45. The van der Waals surface area contributed by atoms with E-state index in [9.17, 15) is 9.59 Å². The minimum atomic E-state index is -0.955. The molecule has 0 saturated carbocycles. The van der Waals surface area contributed by atoms with Crippen LogP contribution < -0.4 is 16.8 Å². The molecular formula is C19H23Cl2N3O4. The molecule has 2 rings (SSSR count). The molecule has 28 heavy (non-hydrogen) atoms. The van der Waals surface area contributed by atoms with Crippen molar-refractivity contribution < 1.29 is 19.8 Å². The highest BCUT2D eigenvalue weighted by Crippen LogP contribution is 2.33. The number of anilines is 2. The van der Waals surface area contributed by atoms with E-state index in [-0.39, 0.29) is 6.42 Å². The molecule has 0 heterocycles. The van der Waals surface area contributed by atoms with Crippen molar-refractivity contribution in [2.75, 3.05) is 11.9 Å². The molecule has 0 aliphatic heterocycles. The van der Waals surface area contributed by atoms with Gasteiger partial charge in [-0.1, -0.05) is 47.5 Å². The summed E-state index contributed by atoms with van der Waals surface area (Å²) >= 11 is 12.1. The van der Waals surface area contributed by atoms with Crippen LogP contribution in [0.2, 0.25) is 10.0 Å². The van der Waals surface area contributed by atoms with Gasteiger partial charge in [-0.15, -0.1) is 0 Å². The zero-order valence-corrected chi connectivity index (χ0v) is 16.6. The molecule has 0 fully saturated rings. The van der Waals surface area contributed by atoms with Gasteiger partial charge in [0.25, 0.3) is 0 Å². The number of benzene rings is 2. The number of carboxylic acid groups (broad SMARTS) is 2. The highest BCUT2D eigenvalue weighted by molar-refractivity contribution is 6.39. The first-order valence-corrected chi connectivity index (χ1v) is 9.21. The SMILES string of the molecule is NCCCC(N)C(=O)O.O=C(O)Cc1ccccc1Nc1c(Cl)cccc1Cl. The van der Waals surface area contributed by atoms with E-state index in [1.54, 1.807) is 36.4 Å². The fourth-order valence-corrected chi connectivity index (χ4v) is 2.66. The molecule has 0 bridgehead atoms. The summed E-state index contributed by atoms with van der Waals surface area (Å²) < 4.78 is 0. The minimum Gasteiger partial charge on any atom is -0.481 e. The van der Waals surface area contributed by atoms with Crippen LogP contribution in [0.1, 0.15) is 18.4 Å². The average Bonchev–Trinajstić information content (AvgIpc) is 2.64. The van der Waals surface area contributed by atoms with E-state index in [0.29, 0.717) is 46.4 Å². The Kier molecular flexibility index (Phi) is 10.3. The standard InChI is InChI=1S/C14H11Cl2NO2.C5H12N2O2/c15-10-5-3-6-11(16)14(10)17-12-7-2-1-4-9(12)8-13(18)19;6-3-1-2-4(7)5(8)9/h1-7,17H,8H2,(H,18,19);4H,1-3,6-7H2,(H,8,9). The molecule has 0 amide bonds. The summed E-state index contributed by atoms with van der Waals surface area (Å²) in [4.78, 5) is 20.9. The largest absolute Gasteiger partial charge is 0.481 e. The molecule has 0 aliphatic carbocycles. The van der Waals surface area contributed by atoms with Crippen molar-refractivity contribution in [3.8, 4) is 0 Å². The maximum Gasteiger partial charge on any atom is 0.320 e. The third-order valence-electron chi connectivity index (χ3n) is 3.62. The molecule has 0 radical (unpaired) electrons. The quantitative estimate of drug-likeness (QED) is 0.434. The highest BCUT2D eigenvalue weighted by Gasteiger charge is 2.10. The van der Waals surface area contributed by atoms with Gasteiger partial charge in [-0.05, 0) is 43.1 Å². The second kappa shape index (κ2) is 12.2. The molecular weight excluding hydrogens is 405 g/mol. The molecule has 1 atom stereocenters. The van der Waals surface area contributed by atoms with E-state index in [1.807, 2.05) is 6.07 Å². The van der Waals surface area contributed by atoms with Crippen molar-refractivity contribution in [3.05, 3.63) is 58.1 Å². The van der Waals surface area contributed by atoms with Crippen LogP contribution in [-0.2, 0) is 16.0 Å². The number of carbonyl (C=O) groups is 2. The Morgan fingerprint density at radius 1 is 1.04 bits per heavy atom. The van der Waals surface area contributed by atoms with E-state index >= 15 is 0 Å². The van der Waals surface area contributed by atoms with Crippen LogP contribution in [0.25, 0.3) is 0 Å². The van der Waals surface area contributed by atoms with Crippen molar-refractivity contribution in [2.24, 2.45) is 11.5 Å². The predicted molar refractivity (Wildman–Crippen MR) is 111 cm³/mol. The van der Waals surface area contributed by atoms with E-state index < -0.39 is 18.0 Å². The van der Waals surface area contributed by atoms with Crippen molar-refractivity contribution in [3.63, 3.8) is 0 Å². The van der Waals surface area contributed by atoms with Crippen molar-refractivity contribution >= 4 is 46.5 Å². The molecule has 0 saturated heterocycles. The minimum absolute atomic E-state index is 0.0642. The second-order valence-corrected chi connectivity index (χ2v) is 6.64. The summed E-state index contributed by atoms with van der Waals surface area (Å²) in [6.07, 6.45) is 1.07. The Hall–Kier alpha value is -2.32. The molecule has 2 aromatic rings. The highest BCUT2D eigenvalue weighted by atomic mass is 35.5. The first kappa shape index (κ1) is 23.7. The molecule has 7 nitrogen and oxygen atoms in total. The van der Waals surface area contributed by atoms with Gasteiger partial charge in [0, 0.05) is 5.69 Å². The van der Waals surface area contributed by atoms with Crippen LogP contribution in [0.15, 0.2) is 42.5 Å². The number of nitrogens with two attached hydrogens (primary N) is 2. The van der Waals surface area contributed by atoms with E-state index in [1.165, 1.54) is 0 Å². The molecule has 1 unspecified atom stereocenters. The number of hydrogen-bond donors (Lipinski definition) is 5. The van der Waals surface area contributed by atoms with Crippen LogP contribution in [0.3, 0.4) is 0 Å². The van der Waals surface area contributed by atoms with Crippen LogP contribution >= 0.6 is 23.2 Å². The Labute approximate surface area is 173 Å². The van der Waals surface area contributed by atoms with E-state index in [0.717, 1.165) is 0 Å². The lowest BCUT2D eigenvalue weighted by atomic mass is 10.1. The van der Waals surface area contributed by atoms with Crippen LogP contribution in [-0.4, -0.2) is 34.7 Å². The van der Waals surface area contributed by atoms with Gasteiger partial charge < -0.3 is 27.0 Å². The van der Waals surface area contributed by atoms with Crippen LogP contribution in [0, 0.1) is 0 Å². The van der Waals surface area contributed by atoms with Gasteiger partial charge in [-0.2, -0.15) is 0 Å². The lowest BCUT2D eigenvalue weighted by molar-refractivity contribution is -0.139. The Morgan fingerprint density at radius 3 is 2.18 bits per heavy atom. The number of rotatable bonds is 8. The summed E-state index contributed by atoms with van der Waals surface area (Å²) in [6.45, 7) is 0.501. The molecule has 0 aromatic heterocycles. The van der Waals surface area contributed by atoms with Gasteiger partial charge in [0.15, 0.2) is 0 Å². The van der Waals surface area contributed by atoms with Crippen LogP contribution in [0.5, 0.6) is 0 Å². The topological polar surface area (TPSA) is 139 Å². The molecule has 0 aliphatic rings. The Morgan fingerprint density at radius 2 is 1.64 bits per heavy atom. The number of nitrogens with one attached hydrogen (secondary N) is 1. The fraction of sp³-hybridized carbons (Fsp3) is 0.263. The molecule has 2 aromatic carbocycles. The smallest absolute Gasteiger partial charge is 0.320 e. The zero-order chi connectivity index (χ0) is 21.1. The lowest BCUT2D eigenvalue weighted by Gasteiger charge is -2.13. The molecule has 9 heteroatoms. The number of carboxylic acids is 2. The average molecular weight is 428 g/mol. The van der Waals surface area contributed by atoms with Crippen molar-refractivity contribution in [2.45, 2.75) is 25.3 Å². The summed E-state index contributed by atoms with van der Waals surface area (Å²) in [6, 6.07) is 11.6. The van der Waals surface area contributed by atoms with Gasteiger partial charge in [0.2, 0.25) is 0 Å². The van der Waals surface area contributed by atoms with E-state index in [4.69, 9.17) is 44.9 Å². The number of halogens is 2. The maximum atomic E-state index is 10.8. The van der Waals surface area contributed by atoms with Gasteiger partial charge in [0.05, 0.1) is 22.2 Å². The number of hydrogen-bond acceptors (Lipinski definition) is 5. The molecule has 7 N–H and O–H groups in total. The number of aliphatic carboxylic acids is 2. The predicted octanol–water partition coefficient (Wildman–Crippen LogP) is 3.50. The third kappa shape index (κ3) is 8.14. The maximum absolute atomic E-state index is 10.8. The first-order chi connectivity index (χ1) is 13.3. The summed E-state index contributed by atoms with van der Waals surface area (Å²) in [5.41, 5.74) is 12.2. The van der Waals surface area contributed by atoms with Gasteiger partial charge in [0.1, 0.15) is 6.04 Å². The fourth-order valence-electron chi connectivity index (χ4n) is 2.17. The summed E-state index contributed by atoms with van der Waals surface area (Å²) in [5, 5.41) is 21.2. The van der Waals surface area contributed by atoms with E-state index in [2.05, 4.69) is 5.32 Å². The third-order valence-corrected chi connectivity index (χ3v) is 4.25. The summed E-state index contributed by atoms with van der Waals surface area (Å²) in [7, 11) is 0. The number of para-hydroxylation sites is 2. The zero-order valence-electron chi connectivity index (χ0n) is 15.1. The van der Waals surface area contributed by atoms with Gasteiger partial charge >= 0.3 is 11.9 Å². The monoisotopic (exact) mass is 427 g/mol. The Balaban J connectivity index is 0.000000370. The molecule has 0 spiro atoms.